The second kappa shape index (κ2) is 6.40. The zero-order valence-electron chi connectivity index (χ0n) is 10.5. The molecular formula is C13H12Cl2NO3P. The lowest BCUT2D eigenvalue weighted by molar-refractivity contribution is 0.415. The molecule has 0 aliphatic heterocycles. The summed E-state index contributed by atoms with van der Waals surface area (Å²) in [7, 11) is 1.56. The van der Waals surface area contributed by atoms with Crippen molar-refractivity contribution >= 4 is 35.4 Å². The fraction of sp³-hybridized carbons (Fsp3) is 0.0769. The van der Waals surface area contributed by atoms with Crippen molar-refractivity contribution in [3.63, 3.8) is 0 Å². The molecule has 1 atom stereocenters. The van der Waals surface area contributed by atoms with Crippen LogP contribution >= 0.6 is 29.7 Å². The van der Waals surface area contributed by atoms with Crippen LogP contribution < -0.4 is 14.3 Å². The van der Waals surface area contributed by atoms with Crippen LogP contribution in [0.3, 0.4) is 0 Å². The van der Waals surface area contributed by atoms with Crippen LogP contribution in [0, 0.1) is 0 Å². The van der Waals surface area contributed by atoms with E-state index in [2.05, 4.69) is 5.09 Å². The number of methoxy groups -OCH3 is 1. The first-order valence-electron chi connectivity index (χ1n) is 5.66. The molecule has 1 N–H and O–H groups in total. The summed E-state index contributed by atoms with van der Waals surface area (Å²) in [5, 5.41) is 2.97. The summed E-state index contributed by atoms with van der Waals surface area (Å²) in [6.45, 7) is -3.59. The highest BCUT2D eigenvalue weighted by atomic mass is 35.7. The van der Waals surface area contributed by atoms with Crippen molar-refractivity contribution in [3.8, 4) is 11.5 Å². The van der Waals surface area contributed by atoms with Gasteiger partial charge in [0.1, 0.15) is 11.5 Å². The molecule has 0 bridgehead atoms. The number of nitrogens with one attached hydrogen (secondary N) is 1. The molecule has 2 aromatic carbocycles. The van der Waals surface area contributed by atoms with E-state index in [1.165, 1.54) is 0 Å². The van der Waals surface area contributed by atoms with Gasteiger partial charge in [-0.3, -0.25) is 5.09 Å². The summed E-state index contributed by atoms with van der Waals surface area (Å²) in [4.78, 5) is 0. The Morgan fingerprint density at radius 1 is 1.10 bits per heavy atom. The second-order valence-corrected chi connectivity index (χ2v) is 6.95. The van der Waals surface area contributed by atoms with Gasteiger partial charge in [0.15, 0.2) is 0 Å². The molecule has 106 valence electrons. The predicted molar refractivity (Wildman–Crippen MR) is 82.2 cm³/mol. The molecule has 2 aromatic rings. The van der Waals surface area contributed by atoms with E-state index in [4.69, 9.17) is 32.1 Å². The Hall–Kier alpha value is -1.35. The van der Waals surface area contributed by atoms with Crippen LogP contribution in [0.1, 0.15) is 0 Å². The van der Waals surface area contributed by atoms with E-state index in [9.17, 15) is 4.57 Å². The SMILES string of the molecule is COc1ccc(NP(=O)(Cl)Oc2ccccc2Cl)cc1. The van der Waals surface area contributed by atoms with Gasteiger partial charge in [-0.25, -0.2) is 4.57 Å². The molecule has 0 spiro atoms. The maximum absolute atomic E-state index is 12.2. The Morgan fingerprint density at radius 3 is 2.35 bits per heavy atom. The van der Waals surface area contributed by atoms with E-state index < -0.39 is 6.87 Å². The summed E-state index contributed by atoms with van der Waals surface area (Å²) < 4.78 is 22.5. The topological polar surface area (TPSA) is 47.6 Å². The molecule has 0 saturated heterocycles. The number of hydrogen-bond donors (Lipinski definition) is 1. The zero-order chi connectivity index (χ0) is 14.6. The van der Waals surface area contributed by atoms with Crippen molar-refractivity contribution in [2.75, 3.05) is 12.2 Å². The molecule has 0 amide bonds. The van der Waals surface area contributed by atoms with Crippen LogP contribution in [0.15, 0.2) is 48.5 Å². The van der Waals surface area contributed by atoms with Gasteiger partial charge in [-0.15, -0.1) is 0 Å². The van der Waals surface area contributed by atoms with Gasteiger partial charge >= 0.3 is 6.87 Å². The zero-order valence-corrected chi connectivity index (χ0v) is 13.0. The van der Waals surface area contributed by atoms with E-state index in [0.717, 1.165) is 0 Å². The highest BCUT2D eigenvalue weighted by Crippen LogP contribution is 2.52. The van der Waals surface area contributed by atoms with Crippen LogP contribution in [0.5, 0.6) is 11.5 Å². The summed E-state index contributed by atoms with van der Waals surface area (Å²) in [6.07, 6.45) is 0. The van der Waals surface area contributed by atoms with Crippen LogP contribution in [0.4, 0.5) is 5.69 Å². The van der Waals surface area contributed by atoms with Crippen molar-refractivity contribution in [2.45, 2.75) is 0 Å². The van der Waals surface area contributed by atoms with Crippen molar-refractivity contribution in [3.05, 3.63) is 53.6 Å². The molecule has 0 radical (unpaired) electrons. The molecular weight excluding hydrogens is 320 g/mol. The third-order valence-corrected chi connectivity index (χ3v) is 4.13. The lowest BCUT2D eigenvalue weighted by Gasteiger charge is -2.15. The van der Waals surface area contributed by atoms with Gasteiger partial charge in [-0.2, -0.15) is 0 Å². The number of rotatable bonds is 5. The van der Waals surface area contributed by atoms with Gasteiger partial charge in [0, 0.05) is 16.9 Å². The second-order valence-electron chi connectivity index (χ2n) is 3.84. The Morgan fingerprint density at radius 2 is 1.75 bits per heavy atom. The van der Waals surface area contributed by atoms with Crippen molar-refractivity contribution in [1.82, 2.24) is 0 Å². The number of halogens is 2. The summed E-state index contributed by atoms with van der Waals surface area (Å²) in [5.41, 5.74) is 0.552. The summed E-state index contributed by atoms with van der Waals surface area (Å²) in [5.74, 6) is 0.945. The third-order valence-electron chi connectivity index (χ3n) is 2.41. The fourth-order valence-electron chi connectivity index (χ4n) is 1.49. The van der Waals surface area contributed by atoms with Crippen molar-refractivity contribution < 1.29 is 13.8 Å². The number of para-hydroxylation sites is 1. The monoisotopic (exact) mass is 331 g/mol. The lowest BCUT2D eigenvalue weighted by atomic mass is 10.3. The smallest absolute Gasteiger partial charge is 0.435 e. The number of hydrogen-bond acceptors (Lipinski definition) is 3. The molecule has 0 saturated carbocycles. The van der Waals surface area contributed by atoms with Crippen molar-refractivity contribution in [2.24, 2.45) is 0 Å². The molecule has 20 heavy (non-hydrogen) atoms. The van der Waals surface area contributed by atoms with Gasteiger partial charge in [0.2, 0.25) is 0 Å². The first-order chi connectivity index (χ1) is 9.50. The number of benzene rings is 2. The van der Waals surface area contributed by atoms with E-state index >= 15 is 0 Å². The van der Waals surface area contributed by atoms with E-state index in [1.807, 2.05) is 0 Å². The van der Waals surface area contributed by atoms with Crippen LogP contribution in [0.2, 0.25) is 5.02 Å². The van der Waals surface area contributed by atoms with Crippen LogP contribution in [-0.2, 0) is 4.57 Å². The average Bonchev–Trinajstić information content (AvgIpc) is 2.41. The maximum atomic E-state index is 12.2. The summed E-state index contributed by atoms with van der Waals surface area (Å²) in [6, 6.07) is 13.5. The largest absolute Gasteiger partial charge is 0.497 e. The minimum Gasteiger partial charge on any atom is -0.497 e. The summed E-state index contributed by atoms with van der Waals surface area (Å²) >= 11 is 11.8. The quantitative estimate of drug-likeness (QED) is 0.766. The van der Waals surface area contributed by atoms with Gasteiger partial charge < -0.3 is 9.26 Å². The van der Waals surface area contributed by atoms with Gasteiger partial charge in [-0.1, -0.05) is 23.7 Å². The number of ether oxygens (including phenoxy) is 1. The molecule has 0 heterocycles. The Kier molecular flexibility index (Phi) is 4.81. The van der Waals surface area contributed by atoms with E-state index in [0.29, 0.717) is 16.5 Å². The molecule has 7 heteroatoms. The molecule has 0 aromatic heterocycles. The van der Waals surface area contributed by atoms with E-state index in [-0.39, 0.29) is 5.75 Å². The normalized spacial score (nSPS) is 13.3. The molecule has 0 aliphatic carbocycles. The molecule has 4 nitrogen and oxygen atoms in total. The van der Waals surface area contributed by atoms with Crippen LogP contribution in [0.25, 0.3) is 0 Å². The fourth-order valence-corrected chi connectivity index (χ4v) is 3.15. The molecule has 2 rings (SSSR count). The maximum Gasteiger partial charge on any atom is 0.435 e. The Labute approximate surface area is 126 Å². The minimum atomic E-state index is -3.59. The molecule has 0 fully saturated rings. The predicted octanol–water partition coefficient (Wildman–Crippen LogP) is 5.19. The highest BCUT2D eigenvalue weighted by Gasteiger charge is 2.22. The standard InChI is InChI=1S/C13H12Cl2NO3P/c1-18-11-8-6-10(7-9-11)16-20(15,17)19-13-5-3-2-4-12(13)14/h2-9H,1H3,(H,16,17). The highest BCUT2D eigenvalue weighted by molar-refractivity contribution is 7.86. The van der Waals surface area contributed by atoms with Gasteiger partial charge in [0.25, 0.3) is 0 Å². The first-order valence-corrected chi connectivity index (χ1v) is 8.57. The lowest BCUT2D eigenvalue weighted by Crippen LogP contribution is -1.98. The number of anilines is 1. The third kappa shape index (κ3) is 4.07. The Bertz CT molecular complexity index is 634. The molecule has 1 unspecified atom stereocenters. The van der Waals surface area contributed by atoms with Gasteiger partial charge in [0.05, 0.1) is 12.1 Å². The van der Waals surface area contributed by atoms with E-state index in [1.54, 1.807) is 55.6 Å². The van der Waals surface area contributed by atoms with Gasteiger partial charge in [-0.05, 0) is 36.4 Å². The molecule has 0 aliphatic rings. The first kappa shape index (κ1) is 15.0. The van der Waals surface area contributed by atoms with Crippen molar-refractivity contribution in [1.29, 1.82) is 0 Å². The average molecular weight is 332 g/mol. The van der Waals surface area contributed by atoms with Crippen LogP contribution in [-0.4, -0.2) is 7.11 Å². The minimum absolute atomic E-state index is 0.258. The Balaban J connectivity index is 2.10.